The van der Waals surface area contributed by atoms with E-state index >= 15 is 0 Å². The molecule has 29 heavy (non-hydrogen) atoms. The quantitative estimate of drug-likeness (QED) is 0.316. The average Bonchev–Trinajstić information content (AvgIpc) is 3.10. The van der Waals surface area contributed by atoms with Gasteiger partial charge >= 0.3 is 5.97 Å². The number of carboxylic acids is 1. The Morgan fingerprint density at radius 3 is 2.38 bits per heavy atom. The highest BCUT2D eigenvalue weighted by molar-refractivity contribution is 9.10. The van der Waals surface area contributed by atoms with Crippen molar-refractivity contribution in [2.45, 2.75) is 6.92 Å². The number of aromatic nitrogens is 1. The molecule has 4 aromatic rings. The van der Waals surface area contributed by atoms with Crippen molar-refractivity contribution in [2.24, 2.45) is 0 Å². The predicted molar refractivity (Wildman–Crippen MR) is 125 cm³/mol. The zero-order valence-electron chi connectivity index (χ0n) is 15.9. The standard InChI is InChI=1S/C11H9BrN2O2S.C11H11N/c1-6-9(10(15)16)17-11(13-6)14-8-4-2-7(12)3-5-8;1-12-11-8-4-6-9-5-2-3-7-10(9)11/h2-5H,1H3,(H,13,14)(H,15,16);2-8,12H,1H3. The van der Waals surface area contributed by atoms with E-state index < -0.39 is 5.97 Å². The van der Waals surface area contributed by atoms with Gasteiger partial charge in [0.05, 0.1) is 5.69 Å². The first-order valence-electron chi connectivity index (χ1n) is 8.86. The SMILES string of the molecule is CNc1cccc2ccccc12.Cc1nc(Nc2ccc(Br)cc2)sc1C(=O)O. The summed E-state index contributed by atoms with van der Waals surface area (Å²) in [7, 11) is 1.95. The number of nitrogens with zero attached hydrogens (tertiary/aromatic N) is 1. The Hall–Kier alpha value is -2.90. The van der Waals surface area contributed by atoms with E-state index in [1.54, 1.807) is 6.92 Å². The van der Waals surface area contributed by atoms with E-state index in [-0.39, 0.29) is 4.88 Å². The van der Waals surface area contributed by atoms with Crippen LogP contribution in [0.4, 0.5) is 16.5 Å². The summed E-state index contributed by atoms with van der Waals surface area (Å²) in [6, 6.07) is 22.2. The third-order valence-electron chi connectivity index (χ3n) is 4.15. The number of nitrogens with one attached hydrogen (secondary N) is 2. The molecule has 5 nitrogen and oxygen atoms in total. The molecule has 0 bridgehead atoms. The first kappa shape index (κ1) is 20.8. The van der Waals surface area contributed by atoms with E-state index in [0.29, 0.717) is 10.8 Å². The number of halogens is 1. The largest absolute Gasteiger partial charge is 0.477 e. The molecule has 0 aliphatic rings. The second kappa shape index (κ2) is 9.54. The number of rotatable bonds is 4. The van der Waals surface area contributed by atoms with E-state index in [4.69, 9.17) is 5.11 Å². The molecule has 0 atom stereocenters. The van der Waals surface area contributed by atoms with Crippen LogP contribution in [0.3, 0.4) is 0 Å². The number of hydrogen-bond acceptors (Lipinski definition) is 5. The Kier molecular flexibility index (Phi) is 6.85. The molecule has 1 aromatic heterocycles. The maximum atomic E-state index is 10.9. The summed E-state index contributed by atoms with van der Waals surface area (Å²) in [6.07, 6.45) is 0. The number of carbonyl (C=O) groups is 1. The first-order valence-corrected chi connectivity index (χ1v) is 10.5. The summed E-state index contributed by atoms with van der Waals surface area (Å²) in [5.41, 5.74) is 2.59. The molecule has 0 fully saturated rings. The summed E-state index contributed by atoms with van der Waals surface area (Å²) in [4.78, 5) is 15.3. The smallest absolute Gasteiger partial charge is 0.347 e. The third-order valence-corrected chi connectivity index (χ3v) is 5.73. The van der Waals surface area contributed by atoms with Crippen molar-refractivity contribution >= 4 is 60.5 Å². The van der Waals surface area contributed by atoms with Gasteiger partial charge in [-0.1, -0.05) is 63.7 Å². The van der Waals surface area contributed by atoms with Crippen molar-refractivity contribution < 1.29 is 9.90 Å². The lowest BCUT2D eigenvalue weighted by molar-refractivity contribution is 0.0701. The van der Waals surface area contributed by atoms with Gasteiger partial charge in [0, 0.05) is 28.3 Å². The fourth-order valence-electron chi connectivity index (χ4n) is 2.75. The number of benzene rings is 3. The first-order chi connectivity index (χ1) is 14.0. The van der Waals surface area contributed by atoms with Gasteiger partial charge < -0.3 is 15.7 Å². The summed E-state index contributed by atoms with van der Waals surface area (Å²) < 4.78 is 0.990. The van der Waals surface area contributed by atoms with Crippen molar-refractivity contribution in [3.05, 3.63) is 81.8 Å². The van der Waals surface area contributed by atoms with Crippen LogP contribution in [-0.2, 0) is 0 Å². The van der Waals surface area contributed by atoms with Crippen molar-refractivity contribution in [3.63, 3.8) is 0 Å². The van der Waals surface area contributed by atoms with E-state index in [9.17, 15) is 4.79 Å². The van der Waals surface area contributed by atoms with Crippen molar-refractivity contribution in [2.75, 3.05) is 17.7 Å². The van der Waals surface area contributed by atoms with Crippen molar-refractivity contribution in [1.82, 2.24) is 4.98 Å². The molecule has 0 unspecified atom stereocenters. The average molecular weight is 470 g/mol. The number of aromatic carboxylic acids is 1. The highest BCUT2D eigenvalue weighted by Crippen LogP contribution is 2.26. The Morgan fingerprint density at radius 2 is 1.72 bits per heavy atom. The molecular weight excluding hydrogens is 450 g/mol. The van der Waals surface area contributed by atoms with Gasteiger partial charge in [-0.25, -0.2) is 9.78 Å². The molecule has 7 heteroatoms. The van der Waals surface area contributed by atoms with Crippen LogP contribution in [-0.4, -0.2) is 23.1 Å². The maximum Gasteiger partial charge on any atom is 0.347 e. The summed E-state index contributed by atoms with van der Waals surface area (Å²) in [5.74, 6) is -0.941. The van der Waals surface area contributed by atoms with Gasteiger partial charge in [-0.15, -0.1) is 0 Å². The molecule has 3 N–H and O–H groups in total. The van der Waals surface area contributed by atoms with Gasteiger partial charge in [0.1, 0.15) is 4.88 Å². The summed E-state index contributed by atoms with van der Waals surface area (Å²) in [5, 5.41) is 18.3. The number of hydrogen-bond donors (Lipinski definition) is 3. The lowest BCUT2D eigenvalue weighted by Crippen LogP contribution is -1.94. The van der Waals surface area contributed by atoms with E-state index in [0.717, 1.165) is 21.5 Å². The molecular formula is C22H20BrN3O2S. The van der Waals surface area contributed by atoms with Gasteiger partial charge in [0.2, 0.25) is 0 Å². The number of thiazole rings is 1. The van der Waals surface area contributed by atoms with Gasteiger partial charge in [0.25, 0.3) is 0 Å². The maximum absolute atomic E-state index is 10.9. The Morgan fingerprint density at radius 1 is 1.03 bits per heavy atom. The van der Waals surface area contributed by atoms with Crippen LogP contribution in [0.15, 0.2) is 71.2 Å². The monoisotopic (exact) mass is 469 g/mol. The molecule has 1 heterocycles. The minimum Gasteiger partial charge on any atom is -0.477 e. The zero-order chi connectivity index (χ0) is 20.8. The number of carboxylic acid groups (broad SMARTS) is 1. The zero-order valence-corrected chi connectivity index (χ0v) is 18.3. The fourth-order valence-corrected chi connectivity index (χ4v) is 3.84. The van der Waals surface area contributed by atoms with Crippen molar-refractivity contribution in [1.29, 1.82) is 0 Å². The van der Waals surface area contributed by atoms with Gasteiger partial charge in [0.15, 0.2) is 5.13 Å². The topological polar surface area (TPSA) is 74.2 Å². The molecule has 148 valence electrons. The number of fused-ring (bicyclic) bond motifs is 1. The normalized spacial score (nSPS) is 10.2. The summed E-state index contributed by atoms with van der Waals surface area (Å²) in [6.45, 7) is 1.69. The molecule has 0 saturated carbocycles. The second-order valence-corrected chi connectivity index (χ2v) is 8.06. The highest BCUT2D eigenvalue weighted by atomic mass is 79.9. The Bertz CT molecular complexity index is 1120. The van der Waals surface area contributed by atoms with Crippen molar-refractivity contribution in [3.8, 4) is 0 Å². The number of aryl methyl sites for hydroxylation is 1. The van der Waals surface area contributed by atoms with E-state index in [1.165, 1.54) is 16.5 Å². The molecule has 0 saturated heterocycles. The van der Waals surface area contributed by atoms with Crippen LogP contribution in [0.1, 0.15) is 15.4 Å². The molecule has 0 amide bonds. The van der Waals surface area contributed by atoms with Crippen LogP contribution in [0.25, 0.3) is 10.8 Å². The summed E-state index contributed by atoms with van der Waals surface area (Å²) >= 11 is 4.48. The van der Waals surface area contributed by atoms with Gasteiger partial charge in [-0.2, -0.15) is 0 Å². The molecule has 0 aliphatic heterocycles. The second-order valence-electron chi connectivity index (χ2n) is 6.15. The van der Waals surface area contributed by atoms with Crippen LogP contribution >= 0.6 is 27.3 Å². The van der Waals surface area contributed by atoms with E-state index in [1.807, 2.05) is 31.3 Å². The van der Waals surface area contributed by atoms with Crippen LogP contribution in [0, 0.1) is 6.92 Å². The molecule has 3 aromatic carbocycles. The van der Waals surface area contributed by atoms with Gasteiger partial charge in [-0.05, 0) is 42.6 Å². The minimum absolute atomic E-state index is 0.268. The van der Waals surface area contributed by atoms with Gasteiger partial charge in [-0.3, -0.25) is 0 Å². The Labute approximate surface area is 181 Å². The highest BCUT2D eigenvalue weighted by Gasteiger charge is 2.13. The number of anilines is 3. The minimum atomic E-state index is -0.941. The molecule has 0 spiro atoms. The Balaban J connectivity index is 0.000000176. The lowest BCUT2D eigenvalue weighted by atomic mass is 10.1. The third kappa shape index (κ3) is 5.34. The van der Waals surface area contributed by atoms with Crippen LogP contribution in [0.2, 0.25) is 0 Å². The molecule has 0 aliphatic carbocycles. The fraction of sp³-hybridized carbons (Fsp3) is 0.0909. The molecule has 0 radical (unpaired) electrons. The molecule has 4 rings (SSSR count). The van der Waals surface area contributed by atoms with Crippen LogP contribution < -0.4 is 10.6 Å². The lowest BCUT2D eigenvalue weighted by Gasteiger charge is -2.04. The van der Waals surface area contributed by atoms with E-state index in [2.05, 4.69) is 74.0 Å². The van der Waals surface area contributed by atoms with Crippen LogP contribution in [0.5, 0.6) is 0 Å². The predicted octanol–water partition coefficient (Wildman–Crippen LogP) is 6.54.